The van der Waals surface area contributed by atoms with Crippen molar-refractivity contribution in [3.63, 3.8) is 0 Å². The molecular weight excluding hydrogens is 364 g/mol. The van der Waals surface area contributed by atoms with Crippen LogP contribution >= 0.6 is 12.4 Å². The molecule has 1 saturated heterocycles. The van der Waals surface area contributed by atoms with Gasteiger partial charge in [-0.2, -0.15) is 0 Å². The van der Waals surface area contributed by atoms with Crippen LogP contribution < -0.4 is 14.8 Å². The summed E-state index contributed by atoms with van der Waals surface area (Å²) in [5.74, 6) is 0.110. The predicted octanol–water partition coefficient (Wildman–Crippen LogP) is 0.551. The zero-order valence-electron chi connectivity index (χ0n) is 12.9. The Bertz CT molecular complexity index is 744. The molecule has 0 radical (unpaired) electrons. The van der Waals surface area contributed by atoms with Crippen LogP contribution in [-0.4, -0.2) is 49.3 Å². The second-order valence-electron chi connectivity index (χ2n) is 5.23. The van der Waals surface area contributed by atoms with Gasteiger partial charge in [-0.3, -0.25) is 0 Å². The summed E-state index contributed by atoms with van der Waals surface area (Å²) < 4.78 is 55.6. The molecule has 2 rings (SSSR count). The Kier molecular flexibility index (Phi) is 6.84. The van der Waals surface area contributed by atoms with E-state index in [9.17, 15) is 16.8 Å². The highest BCUT2D eigenvalue weighted by molar-refractivity contribution is 7.91. The lowest BCUT2D eigenvalue weighted by molar-refractivity contribution is 0.401. The molecule has 10 heteroatoms. The van der Waals surface area contributed by atoms with Gasteiger partial charge in [0.1, 0.15) is 10.6 Å². The molecule has 0 saturated carbocycles. The van der Waals surface area contributed by atoms with Gasteiger partial charge in [0, 0.05) is 18.8 Å². The van der Waals surface area contributed by atoms with Crippen molar-refractivity contribution in [2.75, 3.05) is 26.5 Å². The summed E-state index contributed by atoms with van der Waals surface area (Å²) in [6.07, 6.45) is 2.95. The number of hydrogen-bond acceptors (Lipinski definition) is 6. The SMILES string of the molecule is COc1ccc(S(C)(=O)=O)cc1S(=O)(=O)NCC1CCCN1.Cl. The van der Waals surface area contributed by atoms with Gasteiger partial charge in [0.05, 0.1) is 12.0 Å². The van der Waals surface area contributed by atoms with Crippen LogP contribution in [0.5, 0.6) is 5.75 Å². The molecule has 2 N–H and O–H groups in total. The number of hydrogen-bond donors (Lipinski definition) is 2. The Labute approximate surface area is 143 Å². The third kappa shape index (κ3) is 5.05. The summed E-state index contributed by atoms with van der Waals surface area (Å²) in [6.45, 7) is 1.13. The van der Waals surface area contributed by atoms with Crippen molar-refractivity contribution < 1.29 is 21.6 Å². The van der Waals surface area contributed by atoms with Crippen molar-refractivity contribution in [1.82, 2.24) is 10.0 Å². The van der Waals surface area contributed by atoms with Crippen LogP contribution in [0.3, 0.4) is 0 Å². The highest BCUT2D eigenvalue weighted by Gasteiger charge is 2.24. The van der Waals surface area contributed by atoms with Gasteiger partial charge in [-0.15, -0.1) is 12.4 Å². The van der Waals surface area contributed by atoms with E-state index in [4.69, 9.17) is 4.74 Å². The summed E-state index contributed by atoms with van der Waals surface area (Å²) in [6, 6.07) is 3.89. The van der Waals surface area contributed by atoms with Gasteiger partial charge in [0.15, 0.2) is 9.84 Å². The minimum atomic E-state index is -3.85. The number of nitrogens with one attached hydrogen (secondary N) is 2. The van der Waals surface area contributed by atoms with Gasteiger partial charge < -0.3 is 10.1 Å². The second-order valence-corrected chi connectivity index (χ2v) is 8.98. The summed E-state index contributed by atoms with van der Waals surface area (Å²) in [4.78, 5) is -0.233. The molecule has 7 nitrogen and oxygen atoms in total. The van der Waals surface area contributed by atoms with Gasteiger partial charge >= 0.3 is 0 Å². The van der Waals surface area contributed by atoms with E-state index in [-0.39, 0.29) is 40.5 Å². The number of sulfone groups is 1. The van der Waals surface area contributed by atoms with E-state index >= 15 is 0 Å². The summed E-state index contributed by atoms with van der Waals surface area (Å²) in [5.41, 5.74) is 0. The normalized spacial score (nSPS) is 18.4. The first-order chi connectivity index (χ1) is 10.2. The minimum absolute atomic E-state index is 0. The van der Waals surface area contributed by atoms with Crippen LogP contribution in [0, 0.1) is 0 Å². The number of halogens is 1. The lowest BCUT2D eigenvalue weighted by Gasteiger charge is -2.14. The second kappa shape index (κ2) is 7.80. The number of methoxy groups -OCH3 is 1. The molecule has 1 fully saturated rings. The van der Waals surface area contributed by atoms with E-state index in [1.54, 1.807) is 0 Å². The molecule has 1 aliphatic heterocycles. The Hall–Kier alpha value is -0.870. The van der Waals surface area contributed by atoms with E-state index < -0.39 is 19.9 Å². The quantitative estimate of drug-likeness (QED) is 0.742. The number of sulfonamides is 1. The van der Waals surface area contributed by atoms with Crippen molar-refractivity contribution in [2.24, 2.45) is 0 Å². The Morgan fingerprint density at radius 3 is 2.52 bits per heavy atom. The van der Waals surface area contributed by atoms with E-state index in [0.29, 0.717) is 0 Å². The fourth-order valence-corrected chi connectivity index (χ4v) is 4.31. The van der Waals surface area contributed by atoms with Gasteiger partial charge in [0.2, 0.25) is 10.0 Å². The van der Waals surface area contributed by atoms with Crippen molar-refractivity contribution in [1.29, 1.82) is 0 Å². The lowest BCUT2D eigenvalue weighted by atomic mass is 10.2. The predicted molar refractivity (Wildman–Crippen MR) is 89.6 cm³/mol. The Balaban J connectivity index is 0.00000264. The molecule has 1 aliphatic rings. The Morgan fingerprint density at radius 2 is 2.00 bits per heavy atom. The maximum Gasteiger partial charge on any atom is 0.244 e. The smallest absolute Gasteiger partial charge is 0.244 e. The number of rotatable bonds is 6. The molecule has 0 aliphatic carbocycles. The molecule has 0 spiro atoms. The first kappa shape index (κ1) is 20.2. The van der Waals surface area contributed by atoms with Crippen molar-refractivity contribution in [2.45, 2.75) is 28.7 Å². The van der Waals surface area contributed by atoms with Crippen molar-refractivity contribution in [3.8, 4) is 5.75 Å². The number of ether oxygens (including phenoxy) is 1. The Morgan fingerprint density at radius 1 is 1.30 bits per heavy atom. The van der Waals surface area contributed by atoms with Crippen LogP contribution in [-0.2, 0) is 19.9 Å². The highest BCUT2D eigenvalue weighted by Crippen LogP contribution is 2.26. The first-order valence-electron chi connectivity index (χ1n) is 6.85. The molecular formula is C13H21ClN2O5S2. The molecule has 0 aromatic heterocycles. The summed E-state index contributed by atoms with van der Waals surface area (Å²) >= 11 is 0. The van der Waals surface area contributed by atoms with Crippen LogP contribution in [0.4, 0.5) is 0 Å². The largest absolute Gasteiger partial charge is 0.495 e. The van der Waals surface area contributed by atoms with E-state index in [1.807, 2.05) is 0 Å². The zero-order chi connectivity index (χ0) is 16.4. The fraction of sp³-hybridized carbons (Fsp3) is 0.538. The molecule has 132 valence electrons. The molecule has 1 unspecified atom stereocenters. The maximum absolute atomic E-state index is 12.4. The first-order valence-corrected chi connectivity index (χ1v) is 10.2. The highest BCUT2D eigenvalue weighted by atomic mass is 35.5. The maximum atomic E-state index is 12.4. The van der Waals surface area contributed by atoms with Gasteiger partial charge in [-0.25, -0.2) is 21.6 Å². The van der Waals surface area contributed by atoms with Crippen LogP contribution in [0.1, 0.15) is 12.8 Å². The average molecular weight is 385 g/mol. The van der Waals surface area contributed by atoms with Crippen LogP contribution in [0.2, 0.25) is 0 Å². The van der Waals surface area contributed by atoms with Crippen LogP contribution in [0.25, 0.3) is 0 Å². The van der Waals surface area contributed by atoms with Crippen LogP contribution in [0.15, 0.2) is 28.0 Å². The molecule has 1 atom stereocenters. The van der Waals surface area contributed by atoms with Gasteiger partial charge in [0.25, 0.3) is 0 Å². The lowest BCUT2D eigenvalue weighted by Crippen LogP contribution is -2.37. The van der Waals surface area contributed by atoms with Gasteiger partial charge in [-0.05, 0) is 37.6 Å². The zero-order valence-corrected chi connectivity index (χ0v) is 15.4. The van der Waals surface area contributed by atoms with E-state index in [0.717, 1.165) is 31.7 Å². The standard InChI is InChI=1S/C13H20N2O5S2.ClH/c1-20-12-6-5-11(21(2,16)17)8-13(12)22(18,19)15-9-10-4-3-7-14-10;/h5-6,8,10,14-15H,3-4,7,9H2,1-2H3;1H. The topological polar surface area (TPSA) is 102 Å². The van der Waals surface area contributed by atoms with Gasteiger partial charge in [-0.1, -0.05) is 0 Å². The minimum Gasteiger partial charge on any atom is -0.495 e. The van der Waals surface area contributed by atoms with E-state index in [2.05, 4.69) is 10.0 Å². The molecule has 1 aromatic carbocycles. The molecule has 0 bridgehead atoms. The fourth-order valence-electron chi connectivity index (χ4n) is 2.32. The monoisotopic (exact) mass is 384 g/mol. The summed E-state index contributed by atoms with van der Waals surface area (Å²) in [7, 11) is -6.01. The summed E-state index contributed by atoms with van der Waals surface area (Å²) in [5, 5.41) is 3.19. The molecule has 23 heavy (non-hydrogen) atoms. The molecule has 1 heterocycles. The van der Waals surface area contributed by atoms with Crippen molar-refractivity contribution in [3.05, 3.63) is 18.2 Å². The van der Waals surface area contributed by atoms with E-state index in [1.165, 1.54) is 19.2 Å². The number of benzene rings is 1. The third-order valence-electron chi connectivity index (χ3n) is 3.53. The molecule has 1 aromatic rings. The molecule has 0 amide bonds. The third-order valence-corrected chi connectivity index (χ3v) is 6.09. The van der Waals surface area contributed by atoms with Crippen molar-refractivity contribution >= 4 is 32.3 Å². The average Bonchev–Trinajstić information content (AvgIpc) is 2.97.